The molecule has 2 rings (SSSR count). The topological polar surface area (TPSA) is 64.7 Å². The van der Waals surface area contributed by atoms with Crippen LogP contribution >= 0.6 is 0 Å². The molecule has 2 aromatic carbocycles. The molecule has 0 fully saturated rings. The maximum absolute atomic E-state index is 13.0. The molecule has 0 bridgehead atoms. The number of non-ortho nitro benzene ring substituents is 1. The lowest BCUT2D eigenvalue weighted by Gasteiger charge is -2.09. The lowest BCUT2D eigenvalue weighted by Crippen LogP contribution is -1.97. The van der Waals surface area contributed by atoms with Gasteiger partial charge in [0.1, 0.15) is 11.9 Å². The van der Waals surface area contributed by atoms with Gasteiger partial charge >= 0.3 is 0 Å². The average Bonchev–Trinajstić information content (AvgIpc) is 2.47. The Hall–Kier alpha value is -2.76. The zero-order chi connectivity index (χ0) is 15.2. The van der Waals surface area contributed by atoms with E-state index in [1.165, 1.54) is 30.5 Å². The molecule has 0 spiro atoms. The third kappa shape index (κ3) is 4.10. The van der Waals surface area contributed by atoms with Crippen molar-refractivity contribution < 1.29 is 14.2 Å². The molecule has 0 aliphatic rings. The summed E-state index contributed by atoms with van der Waals surface area (Å²) < 4.78 is 13.0. The van der Waals surface area contributed by atoms with Crippen LogP contribution in [0.2, 0.25) is 0 Å². The Bertz CT molecular complexity index is 673. The van der Waals surface area contributed by atoms with Crippen LogP contribution in [0.4, 0.5) is 10.1 Å². The number of benzene rings is 2. The molecule has 0 aliphatic carbocycles. The van der Waals surface area contributed by atoms with Crippen molar-refractivity contribution in [2.75, 3.05) is 0 Å². The van der Waals surface area contributed by atoms with Gasteiger partial charge in [0.15, 0.2) is 0 Å². The van der Waals surface area contributed by atoms with E-state index in [4.69, 9.17) is 4.84 Å². The third-order valence-corrected chi connectivity index (χ3v) is 2.82. The van der Waals surface area contributed by atoms with E-state index in [1.807, 2.05) is 0 Å². The zero-order valence-electron chi connectivity index (χ0n) is 11.3. The van der Waals surface area contributed by atoms with Gasteiger partial charge in [-0.25, -0.2) is 4.39 Å². The molecular formula is C15H13FN2O3. The summed E-state index contributed by atoms with van der Waals surface area (Å²) in [5.41, 5.74) is 1.21. The average molecular weight is 288 g/mol. The van der Waals surface area contributed by atoms with E-state index in [0.29, 0.717) is 11.1 Å². The molecule has 6 heteroatoms. The van der Waals surface area contributed by atoms with Crippen molar-refractivity contribution in [3.63, 3.8) is 0 Å². The van der Waals surface area contributed by atoms with Crippen LogP contribution in [-0.4, -0.2) is 11.1 Å². The predicted molar refractivity (Wildman–Crippen MR) is 76.6 cm³/mol. The van der Waals surface area contributed by atoms with Crippen LogP contribution in [0, 0.1) is 15.9 Å². The first-order valence-corrected chi connectivity index (χ1v) is 6.25. The molecule has 2 aromatic rings. The predicted octanol–water partition coefficient (Wildman–Crippen LogP) is 3.85. The Kier molecular flexibility index (Phi) is 4.61. The molecule has 1 atom stereocenters. The number of nitrogens with zero attached hydrogens (tertiary/aromatic N) is 2. The minimum atomic E-state index is -0.466. The summed E-state index contributed by atoms with van der Waals surface area (Å²) in [6, 6.07) is 12.1. The Balaban J connectivity index is 2.03. The molecule has 108 valence electrons. The lowest BCUT2D eigenvalue weighted by atomic mass is 10.1. The number of rotatable bonds is 5. The highest BCUT2D eigenvalue weighted by Gasteiger charge is 2.11. The summed E-state index contributed by atoms with van der Waals surface area (Å²) in [5.74, 6) is -0.356. The fraction of sp³-hybridized carbons (Fsp3) is 0.133. The zero-order valence-corrected chi connectivity index (χ0v) is 11.3. The molecule has 0 heterocycles. The maximum Gasteiger partial charge on any atom is 0.269 e. The van der Waals surface area contributed by atoms with Gasteiger partial charge in [-0.1, -0.05) is 29.4 Å². The first kappa shape index (κ1) is 14.6. The van der Waals surface area contributed by atoms with Gasteiger partial charge in [-0.2, -0.15) is 0 Å². The van der Waals surface area contributed by atoms with Gasteiger partial charge < -0.3 is 4.84 Å². The van der Waals surface area contributed by atoms with Crippen LogP contribution in [0.5, 0.6) is 0 Å². The Labute approximate surface area is 120 Å². The quantitative estimate of drug-likeness (QED) is 0.477. The van der Waals surface area contributed by atoms with Gasteiger partial charge in [-0.15, -0.1) is 0 Å². The second-order valence-corrected chi connectivity index (χ2v) is 4.39. The van der Waals surface area contributed by atoms with Crippen molar-refractivity contribution in [1.29, 1.82) is 0 Å². The lowest BCUT2D eigenvalue weighted by molar-refractivity contribution is -0.385. The maximum atomic E-state index is 13.0. The van der Waals surface area contributed by atoms with Crippen molar-refractivity contribution >= 4 is 11.9 Å². The molecule has 0 aliphatic heterocycles. The van der Waals surface area contributed by atoms with E-state index in [1.54, 1.807) is 31.2 Å². The second-order valence-electron chi connectivity index (χ2n) is 4.39. The smallest absolute Gasteiger partial charge is 0.269 e. The monoisotopic (exact) mass is 288 g/mol. The number of halogens is 1. The van der Waals surface area contributed by atoms with Gasteiger partial charge in [0.05, 0.1) is 11.1 Å². The van der Waals surface area contributed by atoms with Crippen LogP contribution in [0.3, 0.4) is 0 Å². The van der Waals surface area contributed by atoms with Crippen LogP contribution in [-0.2, 0) is 4.84 Å². The Morgan fingerprint density at radius 3 is 2.76 bits per heavy atom. The largest absolute Gasteiger partial charge is 0.388 e. The minimum Gasteiger partial charge on any atom is -0.388 e. The standard InChI is InChI=1S/C15H13FN2O3/c1-11(13-5-3-7-15(9-13)18(19)20)21-17-10-12-4-2-6-14(16)8-12/h2-11H,1H3/b17-10-/t11-/m0/s1. The molecule has 0 amide bonds. The van der Waals surface area contributed by atoms with Crippen molar-refractivity contribution in [2.24, 2.45) is 5.16 Å². The van der Waals surface area contributed by atoms with Crippen molar-refractivity contribution in [1.82, 2.24) is 0 Å². The van der Waals surface area contributed by atoms with E-state index in [9.17, 15) is 14.5 Å². The van der Waals surface area contributed by atoms with E-state index >= 15 is 0 Å². The van der Waals surface area contributed by atoms with Crippen LogP contribution in [0.15, 0.2) is 53.7 Å². The molecule has 0 radical (unpaired) electrons. The minimum absolute atomic E-state index is 0.00272. The van der Waals surface area contributed by atoms with Crippen molar-refractivity contribution in [3.8, 4) is 0 Å². The number of nitro groups is 1. The first-order chi connectivity index (χ1) is 10.1. The van der Waals surface area contributed by atoms with Gasteiger partial charge in [0.25, 0.3) is 5.69 Å². The second kappa shape index (κ2) is 6.60. The number of nitro benzene ring substituents is 1. The van der Waals surface area contributed by atoms with Crippen LogP contribution in [0.25, 0.3) is 0 Å². The fourth-order valence-corrected chi connectivity index (χ4v) is 1.72. The van der Waals surface area contributed by atoms with Crippen molar-refractivity contribution in [2.45, 2.75) is 13.0 Å². The highest BCUT2D eigenvalue weighted by atomic mass is 19.1. The Morgan fingerprint density at radius 2 is 2.05 bits per heavy atom. The SMILES string of the molecule is C[C@H](O/N=C\c1cccc(F)c1)c1cccc([N+](=O)[O-])c1. The molecule has 0 unspecified atom stereocenters. The first-order valence-electron chi connectivity index (χ1n) is 6.25. The third-order valence-electron chi connectivity index (χ3n) is 2.82. The number of hydrogen-bond donors (Lipinski definition) is 0. The van der Waals surface area contributed by atoms with Crippen LogP contribution in [0.1, 0.15) is 24.2 Å². The van der Waals surface area contributed by atoms with Gasteiger partial charge in [-0.05, 0) is 24.6 Å². The summed E-state index contributed by atoms with van der Waals surface area (Å²) in [6.07, 6.45) is 0.937. The fourth-order valence-electron chi connectivity index (χ4n) is 1.72. The van der Waals surface area contributed by atoms with Gasteiger partial charge in [-0.3, -0.25) is 10.1 Å². The summed E-state index contributed by atoms with van der Waals surface area (Å²) >= 11 is 0. The summed E-state index contributed by atoms with van der Waals surface area (Å²) in [5, 5.41) is 14.5. The number of hydrogen-bond acceptors (Lipinski definition) is 4. The van der Waals surface area contributed by atoms with E-state index in [2.05, 4.69) is 5.16 Å². The summed E-state index contributed by atoms with van der Waals surface area (Å²) in [7, 11) is 0. The highest BCUT2D eigenvalue weighted by Crippen LogP contribution is 2.21. The molecule has 0 aromatic heterocycles. The van der Waals surface area contributed by atoms with Crippen LogP contribution < -0.4 is 0 Å². The molecule has 0 N–H and O–H groups in total. The molecular weight excluding hydrogens is 275 g/mol. The number of oxime groups is 1. The molecule has 5 nitrogen and oxygen atoms in total. The highest BCUT2D eigenvalue weighted by molar-refractivity contribution is 5.78. The van der Waals surface area contributed by atoms with Gasteiger partial charge in [0.2, 0.25) is 0 Å². The van der Waals surface area contributed by atoms with E-state index in [-0.39, 0.29) is 11.5 Å². The summed E-state index contributed by atoms with van der Waals surface area (Å²) in [4.78, 5) is 15.5. The van der Waals surface area contributed by atoms with E-state index in [0.717, 1.165) is 0 Å². The molecule has 0 saturated heterocycles. The molecule has 21 heavy (non-hydrogen) atoms. The van der Waals surface area contributed by atoms with Gasteiger partial charge in [0, 0.05) is 17.7 Å². The Morgan fingerprint density at radius 1 is 1.29 bits per heavy atom. The normalized spacial score (nSPS) is 12.3. The summed E-state index contributed by atoms with van der Waals surface area (Å²) in [6.45, 7) is 1.72. The van der Waals surface area contributed by atoms with Crippen molar-refractivity contribution in [3.05, 3.63) is 75.6 Å². The molecule has 0 saturated carbocycles. The van der Waals surface area contributed by atoms with E-state index < -0.39 is 11.0 Å².